The molecule has 0 aliphatic rings. The maximum Gasteiger partial charge on any atom is 0.254 e. The zero-order chi connectivity index (χ0) is 13.2. The maximum atomic E-state index is 6.13. The van der Waals surface area contributed by atoms with E-state index < -0.39 is 0 Å². The Morgan fingerprint density at radius 3 is 2.84 bits per heavy atom. The van der Waals surface area contributed by atoms with Gasteiger partial charge in [-0.15, -0.1) is 11.8 Å². The largest absolute Gasteiger partial charge is 0.254 e. The van der Waals surface area contributed by atoms with Gasteiger partial charge in [-0.2, -0.15) is 19.6 Å². The monoisotopic (exact) mass is 290 g/mol. The van der Waals surface area contributed by atoms with Crippen molar-refractivity contribution in [3.8, 4) is 0 Å². The van der Waals surface area contributed by atoms with Crippen molar-refractivity contribution in [1.29, 1.82) is 0 Å². The summed E-state index contributed by atoms with van der Waals surface area (Å²) in [5.74, 6) is 1.39. The fourth-order valence-corrected chi connectivity index (χ4v) is 3.05. The minimum atomic E-state index is 0.482. The molecule has 0 amide bonds. The third-order valence-electron chi connectivity index (χ3n) is 2.77. The predicted molar refractivity (Wildman–Crippen MR) is 76.5 cm³/mol. The van der Waals surface area contributed by atoms with Crippen LogP contribution >= 0.6 is 23.4 Å². The Labute approximate surface area is 119 Å². The Bertz CT molecular complexity index is 711. The van der Waals surface area contributed by atoms with Crippen LogP contribution in [-0.2, 0) is 5.75 Å². The SMILES string of the molecule is Cc1c(Cl)nc2ncnn2c1SCc1ccccc1. The van der Waals surface area contributed by atoms with Crippen LogP contribution in [0, 0.1) is 6.92 Å². The highest BCUT2D eigenvalue weighted by Gasteiger charge is 2.12. The molecule has 6 heteroatoms. The van der Waals surface area contributed by atoms with E-state index in [0.29, 0.717) is 10.9 Å². The number of hydrogen-bond donors (Lipinski definition) is 0. The summed E-state index contributed by atoms with van der Waals surface area (Å²) < 4.78 is 1.73. The Morgan fingerprint density at radius 2 is 2.05 bits per heavy atom. The van der Waals surface area contributed by atoms with Crippen molar-refractivity contribution in [1.82, 2.24) is 19.6 Å². The summed E-state index contributed by atoms with van der Waals surface area (Å²) in [4.78, 5) is 8.27. The molecule has 0 radical (unpaired) electrons. The standard InChI is InChI=1S/C13H11ClN4S/c1-9-11(14)17-13-15-8-16-18(13)12(9)19-7-10-5-3-2-4-6-10/h2-6,8H,7H2,1H3. The van der Waals surface area contributed by atoms with Gasteiger partial charge in [-0.3, -0.25) is 0 Å². The molecule has 0 aliphatic heterocycles. The van der Waals surface area contributed by atoms with Gasteiger partial charge >= 0.3 is 0 Å². The molecule has 3 rings (SSSR count). The molecular weight excluding hydrogens is 280 g/mol. The first kappa shape index (κ1) is 12.4. The molecule has 0 saturated carbocycles. The second-order valence-electron chi connectivity index (χ2n) is 4.08. The first-order chi connectivity index (χ1) is 9.25. The molecule has 2 heterocycles. The summed E-state index contributed by atoms with van der Waals surface area (Å²) in [7, 11) is 0. The van der Waals surface area contributed by atoms with Crippen molar-refractivity contribution in [3.05, 3.63) is 52.9 Å². The van der Waals surface area contributed by atoms with Crippen LogP contribution < -0.4 is 0 Å². The topological polar surface area (TPSA) is 43.1 Å². The van der Waals surface area contributed by atoms with E-state index in [9.17, 15) is 0 Å². The van der Waals surface area contributed by atoms with Gasteiger partial charge in [0.2, 0.25) is 0 Å². The van der Waals surface area contributed by atoms with E-state index in [2.05, 4.69) is 27.2 Å². The van der Waals surface area contributed by atoms with Crippen LogP contribution in [0.4, 0.5) is 0 Å². The van der Waals surface area contributed by atoms with Crippen LogP contribution in [0.15, 0.2) is 41.7 Å². The van der Waals surface area contributed by atoms with Gasteiger partial charge < -0.3 is 0 Å². The number of nitrogens with zero attached hydrogens (tertiary/aromatic N) is 4. The van der Waals surface area contributed by atoms with Gasteiger partial charge in [0, 0.05) is 11.3 Å². The third-order valence-corrected chi connectivity index (χ3v) is 4.37. The zero-order valence-corrected chi connectivity index (χ0v) is 11.8. The molecule has 0 N–H and O–H groups in total. The zero-order valence-electron chi connectivity index (χ0n) is 10.2. The van der Waals surface area contributed by atoms with Crippen molar-refractivity contribution in [2.45, 2.75) is 17.7 Å². The number of halogens is 1. The highest BCUT2D eigenvalue weighted by molar-refractivity contribution is 7.98. The van der Waals surface area contributed by atoms with Gasteiger partial charge in [-0.25, -0.2) is 0 Å². The number of aromatic nitrogens is 4. The second-order valence-corrected chi connectivity index (χ2v) is 5.40. The van der Waals surface area contributed by atoms with Gasteiger partial charge in [0.15, 0.2) is 0 Å². The van der Waals surface area contributed by atoms with E-state index in [0.717, 1.165) is 16.3 Å². The van der Waals surface area contributed by atoms with E-state index in [4.69, 9.17) is 11.6 Å². The molecule has 1 aromatic carbocycles. The van der Waals surface area contributed by atoms with Crippen molar-refractivity contribution in [2.75, 3.05) is 0 Å². The molecule has 0 bridgehead atoms. The van der Waals surface area contributed by atoms with E-state index in [1.165, 1.54) is 11.9 Å². The summed E-state index contributed by atoms with van der Waals surface area (Å²) in [5.41, 5.74) is 2.19. The molecule has 0 fully saturated rings. The molecule has 0 unspecified atom stereocenters. The van der Waals surface area contributed by atoms with Crippen molar-refractivity contribution < 1.29 is 0 Å². The number of hydrogen-bond acceptors (Lipinski definition) is 4. The van der Waals surface area contributed by atoms with Gasteiger partial charge in [-0.1, -0.05) is 41.9 Å². The lowest BCUT2D eigenvalue weighted by atomic mass is 10.2. The lowest BCUT2D eigenvalue weighted by molar-refractivity contribution is 0.825. The van der Waals surface area contributed by atoms with Crippen molar-refractivity contribution >= 4 is 29.1 Å². The summed E-state index contributed by atoms with van der Waals surface area (Å²) >= 11 is 7.81. The molecule has 0 atom stereocenters. The summed E-state index contributed by atoms with van der Waals surface area (Å²) in [6, 6.07) is 10.3. The van der Waals surface area contributed by atoms with Crippen molar-refractivity contribution in [3.63, 3.8) is 0 Å². The van der Waals surface area contributed by atoms with Gasteiger partial charge in [-0.05, 0) is 12.5 Å². The smallest absolute Gasteiger partial charge is 0.199 e. The van der Waals surface area contributed by atoms with Crippen LogP contribution in [0.25, 0.3) is 5.78 Å². The molecule has 2 aromatic heterocycles. The molecular formula is C13H11ClN4S. The normalized spacial score (nSPS) is 11.1. The predicted octanol–water partition coefficient (Wildman–Crippen LogP) is 3.38. The Hall–Kier alpha value is -1.59. The summed E-state index contributed by atoms with van der Waals surface area (Å²) in [5, 5.41) is 5.66. The van der Waals surface area contributed by atoms with Gasteiger partial charge in [0.05, 0.1) is 0 Å². The molecule has 0 spiro atoms. The first-order valence-electron chi connectivity index (χ1n) is 5.78. The van der Waals surface area contributed by atoms with Crippen LogP contribution in [0.3, 0.4) is 0 Å². The molecule has 3 aromatic rings. The number of fused-ring (bicyclic) bond motifs is 1. The minimum absolute atomic E-state index is 0.482. The fourth-order valence-electron chi connectivity index (χ4n) is 1.77. The average molecular weight is 291 g/mol. The van der Waals surface area contributed by atoms with Gasteiger partial charge in [0.25, 0.3) is 5.78 Å². The molecule has 0 aliphatic carbocycles. The molecule has 4 nitrogen and oxygen atoms in total. The minimum Gasteiger partial charge on any atom is -0.199 e. The second kappa shape index (κ2) is 5.19. The number of benzene rings is 1. The lowest BCUT2D eigenvalue weighted by Crippen LogP contribution is -2.00. The van der Waals surface area contributed by atoms with Crippen molar-refractivity contribution in [2.24, 2.45) is 0 Å². The molecule has 0 saturated heterocycles. The highest BCUT2D eigenvalue weighted by atomic mass is 35.5. The first-order valence-corrected chi connectivity index (χ1v) is 7.14. The van der Waals surface area contributed by atoms with E-state index in [-0.39, 0.29) is 0 Å². The van der Waals surface area contributed by atoms with Crippen LogP contribution in [0.2, 0.25) is 5.15 Å². The highest BCUT2D eigenvalue weighted by Crippen LogP contribution is 2.29. The van der Waals surface area contributed by atoms with Crippen LogP contribution in [0.5, 0.6) is 0 Å². The fraction of sp³-hybridized carbons (Fsp3) is 0.154. The van der Waals surface area contributed by atoms with E-state index in [1.54, 1.807) is 16.3 Å². The average Bonchev–Trinajstić information content (AvgIpc) is 2.88. The van der Waals surface area contributed by atoms with Crippen LogP contribution in [-0.4, -0.2) is 19.6 Å². The number of rotatable bonds is 3. The Kier molecular flexibility index (Phi) is 3.40. The van der Waals surface area contributed by atoms with Gasteiger partial charge in [0.1, 0.15) is 16.5 Å². The lowest BCUT2D eigenvalue weighted by Gasteiger charge is -2.08. The Balaban J connectivity index is 1.96. The molecule has 96 valence electrons. The van der Waals surface area contributed by atoms with Crippen LogP contribution in [0.1, 0.15) is 11.1 Å². The van der Waals surface area contributed by atoms with E-state index >= 15 is 0 Å². The summed E-state index contributed by atoms with van der Waals surface area (Å²) in [6.07, 6.45) is 1.49. The maximum absolute atomic E-state index is 6.13. The Morgan fingerprint density at radius 1 is 1.26 bits per heavy atom. The molecule has 19 heavy (non-hydrogen) atoms. The quantitative estimate of drug-likeness (QED) is 0.548. The van der Waals surface area contributed by atoms with E-state index in [1.807, 2.05) is 25.1 Å². The third kappa shape index (κ3) is 2.43. The number of thioether (sulfide) groups is 1. The summed E-state index contributed by atoms with van der Waals surface area (Å²) in [6.45, 7) is 1.95.